The fraction of sp³-hybridized carbons (Fsp3) is 0.364. The molecule has 0 aliphatic carbocycles. The molecule has 0 spiro atoms. The van der Waals surface area contributed by atoms with Crippen molar-refractivity contribution in [3.8, 4) is 0 Å². The van der Waals surface area contributed by atoms with Crippen LogP contribution in [0.4, 0.5) is 0 Å². The maximum absolute atomic E-state index is 13.3. The van der Waals surface area contributed by atoms with Gasteiger partial charge in [0, 0.05) is 24.5 Å². The molecule has 166 valence electrons. The Bertz CT molecular complexity index is 1040. The zero-order valence-electron chi connectivity index (χ0n) is 17.9. The first kappa shape index (κ1) is 23.3. The molecule has 0 radical (unpaired) electrons. The van der Waals surface area contributed by atoms with Gasteiger partial charge in [0.1, 0.15) is 5.54 Å². The molecule has 1 saturated heterocycles. The van der Waals surface area contributed by atoms with Crippen LogP contribution >= 0.6 is 11.8 Å². The van der Waals surface area contributed by atoms with E-state index in [2.05, 4.69) is 5.32 Å². The molecule has 1 N–H and O–H groups in total. The van der Waals surface area contributed by atoms with Crippen molar-refractivity contribution in [2.24, 2.45) is 0 Å². The number of nitrogens with one attached hydrogen (secondary N) is 1. The summed E-state index contributed by atoms with van der Waals surface area (Å²) in [5.41, 5.74) is 0.451. The van der Waals surface area contributed by atoms with Crippen LogP contribution in [0.3, 0.4) is 0 Å². The lowest BCUT2D eigenvalue weighted by Crippen LogP contribution is -2.69. The van der Waals surface area contributed by atoms with Crippen molar-refractivity contribution in [1.82, 2.24) is 14.5 Å². The molecule has 7 nitrogen and oxygen atoms in total. The molecular weight excluding hydrogens is 434 g/mol. The fourth-order valence-corrected chi connectivity index (χ4v) is 4.81. The molecule has 1 fully saturated rings. The average Bonchev–Trinajstić information content (AvgIpc) is 2.75. The molecule has 1 aliphatic rings. The number of sulfonamides is 1. The van der Waals surface area contributed by atoms with E-state index in [-0.39, 0.29) is 19.6 Å². The number of benzene rings is 2. The lowest BCUT2D eigenvalue weighted by atomic mass is 9.94. The van der Waals surface area contributed by atoms with Crippen molar-refractivity contribution < 1.29 is 18.0 Å². The molecule has 1 heterocycles. The van der Waals surface area contributed by atoms with Crippen LogP contribution in [-0.4, -0.2) is 60.6 Å². The standard InChI is InChI=1S/C22H27N3O4S2/c1-22(21(27)23-13-17-7-5-4-6-8-17)16-24(31(3,28)29)15-20(26)25(22)14-18-9-11-19(30-2)12-10-18/h4-12H,13-16H2,1-3H3,(H,23,27). The van der Waals surface area contributed by atoms with E-state index in [0.29, 0.717) is 6.54 Å². The Kier molecular flexibility index (Phi) is 7.08. The first-order valence-electron chi connectivity index (χ1n) is 9.84. The zero-order valence-corrected chi connectivity index (χ0v) is 19.5. The van der Waals surface area contributed by atoms with Gasteiger partial charge in [-0.1, -0.05) is 42.5 Å². The van der Waals surface area contributed by atoms with Crippen LogP contribution in [0.2, 0.25) is 0 Å². The van der Waals surface area contributed by atoms with Crippen molar-refractivity contribution in [1.29, 1.82) is 0 Å². The summed E-state index contributed by atoms with van der Waals surface area (Å²) in [5, 5.41) is 2.88. The molecule has 9 heteroatoms. The zero-order chi connectivity index (χ0) is 22.6. The highest BCUT2D eigenvalue weighted by Crippen LogP contribution is 2.27. The first-order valence-corrected chi connectivity index (χ1v) is 12.9. The van der Waals surface area contributed by atoms with E-state index in [4.69, 9.17) is 0 Å². The number of carbonyl (C=O) groups excluding carboxylic acids is 2. The van der Waals surface area contributed by atoms with E-state index in [1.807, 2.05) is 60.9 Å². The Morgan fingerprint density at radius 2 is 1.74 bits per heavy atom. The first-order chi connectivity index (χ1) is 14.6. The second kappa shape index (κ2) is 9.42. The van der Waals surface area contributed by atoms with Gasteiger partial charge in [-0.25, -0.2) is 8.42 Å². The number of amides is 2. The third-order valence-electron chi connectivity index (χ3n) is 5.45. The van der Waals surface area contributed by atoms with Gasteiger partial charge < -0.3 is 10.2 Å². The van der Waals surface area contributed by atoms with Gasteiger partial charge in [-0.3, -0.25) is 9.59 Å². The number of hydrogen-bond acceptors (Lipinski definition) is 5. The van der Waals surface area contributed by atoms with Crippen molar-refractivity contribution in [3.05, 3.63) is 65.7 Å². The SMILES string of the molecule is CSc1ccc(CN2C(=O)CN(S(C)(=O)=O)CC2(C)C(=O)NCc2ccccc2)cc1. The van der Waals surface area contributed by atoms with Gasteiger partial charge >= 0.3 is 0 Å². The van der Waals surface area contributed by atoms with E-state index in [1.165, 1.54) is 4.90 Å². The Morgan fingerprint density at radius 1 is 1.10 bits per heavy atom. The van der Waals surface area contributed by atoms with Crippen LogP contribution < -0.4 is 5.32 Å². The Hall–Kier alpha value is -2.36. The van der Waals surface area contributed by atoms with E-state index < -0.39 is 27.4 Å². The molecule has 0 bridgehead atoms. The summed E-state index contributed by atoms with van der Waals surface area (Å²) < 4.78 is 25.4. The van der Waals surface area contributed by atoms with Crippen molar-refractivity contribution in [3.63, 3.8) is 0 Å². The monoisotopic (exact) mass is 461 g/mol. The molecule has 0 saturated carbocycles. The van der Waals surface area contributed by atoms with Gasteiger partial charge in [0.2, 0.25) is 21.8 Å². The highest BCUT2D eigenvalue weighted by Gasteiger charge is 2.49. The van der Waals surface area contributed by atoms with Gasteiger partial charge in [0.05, 0.1) is 12.8 Å². The molecule has 31 heavy (non-hydrogen) atoms. The molecule has 1 unspecified atom stereocenters. The van der Waals surface area contributed by atoms with Gasteiger partial charge in [-0.05, 0) is 36.4 Å². The minimum atomic E-state index is -3.63. The largest absolute Gasteiger partial charge is 0.350 e. The van der Waals surface area contributed by atoms with E-state index in [9.17, 15) is 18.0 Å². The maximum atomic E-state index is 13.3. The molecule has 0 aromatic heterocycles. The van der Waals surface area contributed by atoms with Crippen molar-refractivity contribution >= 4 is 33.6 Å². The van der Waals surface area contributed by atoms with Crippen molar-refractivity contribution in [2.75, 3.05) is 25.6 Å². The molecule has 3 rings (SSSR count). The van der Waals surface area contributed by atoms with Crippen LogP contribution in [-0.2, 0) is 32.7 Å². The number of thioether (sulfide) groups is 1. The third kappa shape index (κ3) is 5.47. The molecule has 2 amide bonds. The summed E-state index contributed by atoms with van der Waals surface area (Å²) in [6.45, 7) is 1.77. The van der Waals surface area contributed by atoms with Crippen LogP contribution in [0.25, 0.3) is 0 Å². The smallest absolute Gasteiger partial charge is 0.247 e. The molecule has 1 atom stereocenters. The van der Waals surface area contributed by atoms with Crippen LogP contribution in [0.15, 0.2) is 59.5 Å². The maximum Gasteiger partial charge on any atom is 0.247 e. The second-order valence-corrected chi connectivity index (χ2v) is 10.7. The Balaban J connectivity index is 1.87. The van der Waals surface area contributed by atoms with Gasteiger partial charge in [0.25, 0.3) is 0 Å². The van der Waals surface area contributed by atoms with Gasteiger partial charge in [0.15, 0.2) is 0 Å². The summed E-state index contributed by atoms with van der Waals surface area (Å²) in [6.07, 6.45) is 3.04. The number of rotatable bonds is 7. The molecular formula is C22H27N3O4S2. The van der Waals surface area contributed by atoms with E-state index >= 15 is 0 Å². The molecule has 2 aromatic carbocycles. The summed E-state index contributed by atoms with van der Waals surface area (Å²) in [4.78, 5) is 28.9. The highest BCUT2D eigenvalue weighted by atomic mass is 32.2. The Labute approximate surface area is 187 Å². The number of piperazine rings is 1. The van der Waals surface area contributed by atoms with Gasteiger partial charge in [-0.2, -0.15) is 4.31 Å². The van der Waals surface area contributed by atoms with Crippen molar-refractivity contribution in [2.45, 2.75) is 30.4 Å². The Morgan fingerprint density at radius 3 is 2.32 bits per heavy atom. The summed E-state index contributed by atoms with van der Waals surface area (Å²) >= 11 is 1.62. The summed E-state index contributed by atoms with van der Waals surface area (Å²) in [6, 6.07) is 17.2. The third-order valence-corrected chi connectivity index (χ3v) is 7.39. The molecule has 1 aliphatic heterocycles. The minimum Gasteiger partial charge on any atom is -0.350 e. The van der Waals surface area contributed by atoms with Crippen LogP contribution in [0, 0.1) is 0 Å². The predicted octanol–water partition coefficient (Wildman–Crippen LogP) is 2.09. The second-order valence-electron chi connectivity index (χ2n) is 7.80. The quantitative estimate of drug-likeness (QED) is 0.638. The normalized spacial score (nSPS) is 20.0. The average molecular weight is 462 g/mol. The van der Waals surface area contributed by atoms with Crippen LogP contribution in [0.1, 0.15) is 18.1 Å². The summed E-state index contributed by atoms with van der Waals surface area (Å²) in [7, 11) is -3.63. The van der Waals surface area contributed by atoms with E-state index in [0.717, 1.165) is 26.6 Å². The topological polar surface area (TPSA) is 86.8 Å². The number of nitrogens with zero attached hydrogens (tertiary/aromatic N) is 2. The number of carbonyl (C=O) groups is 2. The lowest BCUT2D eigenvalue weighted by molar-refractivity contribution is -0.153. The molecule has 2 aromatic rings. The predicted molar refractivity (Wildman–Crippen MR) is 122 cm³/mol. The lowest BCUT2D eigenvalue weighted by Gasteiger charge is -2.46. The van der Waals surface area contributed by atoms with Gasteiger partial charge in [-0.15, -0.1) is 11.8 Å². The highest BCUT2D eigenvalue weighted by molar-refractivity contribution is 7.98. The van der Waals surface area contributed by atoms with Crippen LogP contribution in [0.5, 0.6) is 0 Å². The minimum absolute atomic E-state index is 0.0961. The number of hydrogen-bond donors (Lipinski definition) is 1. The fourth-order valence-electron chi connectivity index (χ4n) is 3.57. The summed E-state index contributed by atoms with van der Waals surface area (Å²) in [5.74, 6) is -0.790. The van der Waals surface area contributed by atoms with E-state index in [1.54, 1.807) is 18.7 Å².